The maximum atomic E-state index is 7.51. The number of nitrogens with two attached hydrogens (primary N) is 1. The zero-order chi connectivity index (χ0) is 14.7. The smallest absolute Gasteiger partial charge is 0.226 e. The molecule has 0 amide bonds. The first-order valence-corrected chi connectivity index (χ1v) is 7.30. The molecule has 0 aliphatic rings. The molecule has 0 spiro atoms. The Morgan fingerprint density at radius 1 is 1.50 bits per heavy atom. The second-order valence-corrected chi connectivity index (χ2v) is 5.88. The van der Waals surface area contributed by atoms with Crippen LogP contribution in [0.4, 0.5) is 5.95 Å². The van der Waals surface area contributed by atoms with Crippen LogP contribution in [-0.4, -0.2) is 28.9 Å². The molecule has 0 bridgehead atoms. The molecular weight excluding hydrogens is 270 g/mol. The van der Waals surface area contributed by atoms with Gasteiger partial charge in [-0.15, -0.1) is 11.3 Å². The van der Waals surface area contributed by atoms with Crippen molar-refractivity contribution >= 4 is 23.1 Å². The Hall–Kier alpha value is -1.95. The van der Waals surface area contributed by atoms with Crippen LogP contribution in [0.5, 0.6) is 0 Å². The van der Waals surface area contributed by atoms with Gasteiger partial charge in [-0.25, -0.2) is 9.97 Å². The largest absolute Gasteiger partial charge is 0.382 e. The van der Waals surface area contributed by atoms with Crippen molar-refractivity contribution in [3.05, 3.63) is 39.8 Å². The first kappa shape index (κ1) is 14.5. The summed E-state index contributed by atoms with van der Waals surface area (Å²) in [4.78, 5) is 12.1. The van der Waals surface area contributed by atoms with Gasteiger partial charge in [0.1, 0.15) is 11.5 Å². The van der Waals surface area contributed by atoms with E-state index in [0.717, 1.165) is 12.1 Å². The number of rotatable bonds is 5. The number of hydrogen-bond acceptors (Lipinski definition) is 5. The summed E-state index contributed by atoms with van der Waals surface area (Å²) in [6.45, 7) is 4.02. The molecule has 6 heteroatoms. The van der Waals surface area contributed by atoms with Crippen molar-refractivity contribution in [3.63, 3.8) is 0 Å². The van der Waals surface area contributed by atoms with Crippen LogP contribution in [0, 0.1) is 12.3 Å². The molecule has 2 aromatic rings. The molecule has 0 saturated heterocycles. The van der Waals surface area contributed by atoms with Gasteiger partial charge >= 0.3 is 0 Å². The van der Waals surface area contributed by atoms with E-state index in [1.807, 2.05) is 18.9 Å². The van der Waals surface area contributed by atoms with Crippen LogP contribution in [0.25, 0.3) is 0 Å². The standard InChI is InChI=1S/C14H19N5S/c1-9-7-12(13(15)16)18-14(17-9)19(3)10(2)8-11-5-4-6-20-11/h4-7,10H,8H2,1-3H3,(H3,15,16). The number of nitrogens with one attached hydrogen (secondary N) is 1. The van der Waals surface area contributed by atoms with Gasteiger partial charge < -0.3 is 10.6 Å². The summed E-state index contributed by atoms with van der Waals surface area (Å²) < 4.78 is 0. The summed E-state index contributed by atoms with van der Waals surface area (Å²) in [7, 11) is 1.97. The van der Waals surface area contributed by atoms with E-state index in [4.69, 9.17) is 11.1 Å². The van der Waals surface area contributed by atoms with Crippen LogP contribution >= 0.6 is 11.3 Å². The van der Waals surface area contributed by atoms with E-state index >= 15 is 0 Å². The summed E-state index contributed by atoms with van der Waals surface area (Å²) in [6.07, 6.45) is 0.945. The lowest BCUT2D eigenvalue weighted by atomic mass is 10.2. The van der Waals surface area contributed by atoms with Crippen molar-refractivity contribution in [3.8, 4) is 0 Å². The van der Waals surface area contributed by atoms with Crippen molar-refractivity contribution in [1.82, 2.24) is 9.97 Å². The van der Waals surface area contributed by atoms with Gasteiger partial charge in [0.15, 0.2) is 0 Å². The molecule has 0 aliphatic carbocycles. The predicted octanol–water partition coefficient (Wildman–Crippen LogP) is 2.20. The third kappa shape index (κ3) is 3.33. The van der Waals surface area contributed by atoms with Gasteiger partial charge in [-0.05, 0) is 31.4 Å². The Labute approximate surface area is 123 Å². The molecule has 2 aromatic heterocycles. The minimum atomic E-state index is -0.0314. The maximum absolute atomic E-state index is 7.51. The fraction of sp³-hybridized carbons (Fsp3) is 0.357. The Morgan fingerprint density at radius 3 is 2.85 bits per heavy atom. The second-order valence-electron chi connectivity index (χ2n) is 4.85. The molecule has 1 atom stereocenters. The number of likely N-dealkylation sites (N-methyl/N-ethyl adjacent to an activating group) is 1. The predicted molar refractivity (Wildman–Crippen MR) is 83.7 cm³/mol. The lowest BCUT2D eigenvalue weighted by molar-refractivity contribution is 0.669. The molecule has 0 fully saturated rings. The van der Waals surface area contributed by atoms with Crippen molar-refractivity contribution in [1.29, 1.82) is 5.41 Å². The number of aromatic nitrogens is 2. The van der Waals surface area contributed by atoms with Crippen LogP contribution in [0.15, 0.2) is 23.6 Å². The summed E-state index contributed by atoms with van der Waals surface area (Å²) in [5.41, 5.74) is 6.80. The van der Waals surface area contributed by atoms with E-state index in [9.17, 15) is 0 Å². The molecule has 0 aromatic carbocycles. The topological polar surface area (TPSA) is 78.9 Å². The zero-order valence-corrected chi connectivity index (χ0v) is 12.7. The van der Waals surface area contributed by atoms with E-state index in [1.165, 1.54) is 4.88 Å². The third-order valence-corrected chi connectivity index (χ3v) is 4.07. The van der Waals surface area contributed by atoms with Gasteiger partial charge in [-0.3, -0.25) is 5.41 Å². The average molecular weight is 289 g/mol. The molecule has 5 nitrogen and oxygen atoms in total. The normalized spacial score (nSPS) is 12.2. The zero-order valence-electron chi connectivity index (χ0n) is 11.9. The molecule has 0 saturated carbocycles. The number of nitrogen functional groups attached to an aromatic ring is 1. The van der Waals surface area contributed by atoms with Gasteiger partial charge in [0.05, 0.1) is 0 Å². The van der Waals surface area contributed by atoms with Crippen LogP contribution in [0.1, 0.15) is 23.2 Å². The summed E-state index contributed by atoms with van der Waals surface area (Å²) in [5, 5.41) is 9.59. The highest BCUT2D eigenvalue weighted by Gasteiger charge is 2.15. The number of anilines is 1. The highest BCUT2D eigenvalue weighted by molar-refractivity contribution is 7.09. The summed E-state index contributed by atoms with van der Waals surface area (Å²) in [6, 6.07) is 6.19. The SMILES string of the molecule is Cc1cc(C(=N)N)nc(N(C)C(C)Cc2cccs2)n1. The molecule has 106 valence electrons. The lowest BCUT2D eigenvalue weighted by Gasteiger charge is -2.25. The summed E-state index contributed by atoms with van der Waals surface area (Å²) in [5.74, 6) is 0.579. The lowest BCUT2D eigenvalue weighted by Crippen LogP contribution is -2.32. The molecule has 2 heterocycles. The molecular formula is C14H19N5S. The highest BCUT2D eigenvalue weighted by Crippen LogP contribution is 2.17. The van der Waals surface area contributed by atoms with Crippen LogP contribution < -0.4 is 10.6 Å². The van der Waals surface area contributed by atoms with Gasteiger partial charge in [0.25, 0.3) is 0 Å². The molecule has 0 aliphatic heterocycles. The van der Waals surface area contributed by atoms with Crippen molar-refractivity contribution < 1.29 is 0 Å². The number of aryl methyl sites for hydroxylation is 1. The molecule has 0 radical (unpaired) electrons. The summed E-state index contributed by atoms with van der Waals surface area (Å²) >= 11 is 1.75. The van der Waals surface area contributed by atoms with E-state index in [0.29, 0.717) is 11.6 Å². The molecule has 1 unspecified atom stereocenters. The maximum Gasteiger partial charge on any atom is 0.226 e. The molecule has 20 heavy (non-hydrogen) atoms. The number of hydrogen-bond donors (Lipinski definition) is 2. The highest BCUT2D eigenvalue weighted by atomic mass is 32.1. The number of amidine groups is 1. The molecule has 3 N–H and O–H groups in total. The van der Waals surface area contributed by atoms with Crippen LogP contribution in [0.2, 0.25) is 0 Å². The van der Waals surface area contributed by atoms with Gasteiger partial charge in [-0.2, -0.15) is 0 Å². The Balaban J connectivity index is 2.19. The Morgan fingerprint density at radius 2 is 2.25 bits per heavy atom. The van der Waals surface area contributed by atoms with Crippen molar-refractivity contribution in [2.75, 3.05) is 11.9 Å². The van der Waals surface area contributed by atoms with E-state index in [2.05, 4.69) is 34.4 Å². The van der Waals surface area contributed by atoms with Crippen molar-refractivity contribution in [2.45, 2.75) is 26.3 Å². The fourth-order valence-corrected chi connectivity index (χ4v) is 2.73. The van der Waals surface area contributed by atoms with E-state index in [-0.39, 0.29) is 11.9 Å². The van der Waals surface area contributed by atoms with Gasteiger partial charge in [0.2, 0.25) is 5.95 Å². The van der Waals surface area contributed by atoms with Crippen molar-refractivity contribution in [2.24, 2.45) is 5.73 Å². The fourth-order valence-electron chi connectivity index (χ4n) is 1.90. The van der Waals surface area contributed by atoms with Crippen LogP contribution in [0.3, 0.4) is 0 Å². The third-order valence-electron chi connectivity index (χ3n) is 3.17. The van der Waals surface area contributed by atoms with Crippen LogP contribution in [-0.2, 0) is 6.42 Å². The number of thiophene rings is 1. The van der Waals surface area contributed by atoms with Gasteiger partial charge in [-0.1, -0.05) is 6.07 Å². The molecule has 2 rings (SSSR count). The Bertz CT molecular complexity index is 594. The van der Waals surface area contributed by atoms with E-state index in [1.54, 1.807) is 17.4 Å². The average Bonchev–Trinajstić information content (AvgIpc) is 2.89. The first-order chi connectivity index (χ1) is 9.47. The van der Waals surface area contributed by atoms with E-state index < -0.39 is 0 Å². The minimum absolute atomic E-state index is 0.0314. The number of nitrogens with zero attached hydrogens (tertiary/aromatic N) is 3. The quantitative estimate of drug-likeness (QED) is 0.653. The Kier molecular flexibility index (Phi) is 4.34. The first-order valence-electron chi connectivity index (χ1n) is 6.42. The monoisotopic (exact) mass is 289 g/mol. The second kappa shape index (κ2) is 6.00. The minimum Gasteiger partial charge on any atom is -0.382 e. The van der Waals surface area contributed by atoms with Gasteiger partial charge in [0, 0.05) is 30.1 Å².